The fraction of sp³-hybridized carbons (Fsp3) is 0.615. The Hall–Kier alpha value is -1.84. The van der Waals surface area contributed by atoms with Gasteiger partial charge in [-0.2, -0.15) is 0 Å². The van der Waals surface area contributed by atoms with Crippen LogP contribution >= 0.6 is 0 Å². The summed E-state index contributed by atoms with van der Waals surface area (Å²) in [4.78, 5) is 12.7. The van der Waals surface area contributed by atoms with Crippen molar-refractivity contribution in [2.24, 2.45) is 0 Å². The quantitative estimate of drug-likeness (QED) is 0.741. The minimum Gasteiger partial charge on any atom is -0.393 e. The number of nitrogens with one attached hydrogen (secondary N) is 1. The molecule has 9 heteroatoms. The van der Waals surface area contributed by atoms with Crippen LogP contribution in [0.3, 0.4) is 0 Å². The van der Waals surface area contributed by atoms with Crippen molar-refractivity contribution in [2.75, 3.05) is 19.0 Å². The average Bonchev–Trinajstić information content (AvgIpc) is 3.01. The summed E-state index contributed by atoms with van der Waals surface area (Å²) < 4.78 is 21.4. The predicted molar refractivity (Wildman–Crippen MR) is 76.1 cm³/mol. The molecule has 0 spiro atoms. The van der Waals surface area contributed by atoms with Gasteiger partial charge in [-0.25, -0.2) is 19.3 Å². The summed E-state index contributed by atoms with van der Waals surface area (Å²) in [5, 5.41) is 22.2. The van der Waals surface area contributed by atoms with E-state index in [1.54, 1.807) is 14.0 Å². The molecule has 3 heterocycles. The number of aliphatic hydroxyl groups excluding tert-OH is 2. The number of alkyl halides is 1. The molecule has 3 N–H and O–H groups in total. The van der Waals surface area contributed by atoms with Crippen LogP contribution in [0.1, 0.15) is 19.0 Å². The summed E-state index contributed by atoms with van der Waals surface area (Å²) in [6.07, 6.45) is -2.86. The Morgan fingerprint density at radius 2 is 2.23 bits per heavy atom. The Balaban J connectivity index is 2.10. The molecule has 4 atom stereocenters. The Labute approximate surface area is 126 Å². The first-order valence-corrected chi connectivity index (χ1v) is 6.91. The van der Waals surface area contributed by atoms with Gasteiger partial charge in [0.1, 0.15) is 17.5 Å². The highest BCUT2D eigenvalue weighted by Gasteiger charge is 2.53. The zero-order valence-electron chi connectivity index (χ0n) is 12.5. The number of hydrogen-bond donors (Lipinski definition) is 3. The Morgan fingerprint density at radius 3 is 2.82 bits per heavy atom. The van der Waals surface area contributed by atoms with Gasteiger partial charge in [-0.3, -0.25) is 4.57 Å². The summed E-state index contributed by atoms with van der Waals surface area (Å²) in [6, 6.07) is 0. The number of fused-ring (bicyclic) bond motifs is 1. The molecule has 0 aliphatic carbocycles. The zero-order valence-corrected chi connectivity index (χ0v) is 12.5. The lowest BCUT2D eigenvalue weighted by atomic mass is 9.99. The second kappa shape index (κ2) is 5.11. The molecule has 1 fully saturated rings. The minimum absolute atomic E-state index is 0.402. The molecule has 1 saturated heterocycles. The van der Waals surface area contributed by atoms with Crippen molar-refractivity contribution in [3.8, 4) is 0 Å². The first-order valence-electron chi connectivity index (χ1n) is 6.91. The number of rotatable bonds is 3. The summed E-state index contributed by atoms with van der Waals surface area (Å²) >= 11 is 0. The lowest BCUT2D eigenvalue weighted by Crippen LogP contribution is -2.42. The molecule has 3 rings (SSSR count). The molecule has 2 aromatic rings. The molecule has 8 nitrogen and oxygen atoms in total. The number of aliphatic hydroxyl groups is 2. The highest BCUT2D eigenvalue weighted by atomic mass is 19.1. The maximum atomic E-state index is 14.4. The Kier molecular flexibility index (Phi) is 3.50. The molecule has 0 amide bonds. The first kappa shape index (κ1) is 15.1. The van der Waals surface area contributed by atoms with E-state index in [9.17, 15) is 14.6 Å². The molecule has 0 bridgehead atoms. The average molecular weight is 311 g/mol. The van der Waals surface area contributed by atoms with Crippen molar-refractivity contribution < 1.29 is 19.3 Å². The van der Waals surface area contributed by atoms with E-state index in [0.29, 0.717) is 22.8 Å². The van der Waals surface area contributed by atoms with Gasteiger partial charge >= 0.3 is 0 Å². The molecule has 0 radical (unpaired) electrons. The van der Waals surface area contributed by atoms with E-state index < -0.39 is 30.7 Å². The van der Waals surface area contributed by atoms with Crippen LogP contribution in [0.15, 0.2) is 6.33 Å². The van der Waals surface area contributed by atoms with E-state index in [-0.39, 0.29) is 0 Å². The van der Waals surface area contributed by atoms with Crippen LogP contribution < -0.4 is 5.32 Å². The molecule has 0 aromatic carbocycles. The van der Waals surface area contributed by atoms with Crippen molar-refractivity contribution in [3.05, 3.63) is 12.2 Å². The number of aryl methyl sites for hydroxylation is 1. The predicted octanol–water partition coefficient (Wildman–Crippen LogP) is 0.155. The van der Waals surface area contributed by atoms with E-state index >= 15 is 0 Å². The van der Waals surface area contributed by atoms with Crippen LogP contribution in [0.4, 0.5) is 10.2 Å². The fourth-order valence-electron chi connectivity index (χ4n) is 2.63. The summed E-state index contributed by atoms with van der Waals surface area (Å²) in [5.41, 5.74) is -0.482. The SMILES string of the molecule is CNc1nc(C)nc2c1ncn2[C@@H]1O[C@](C)(CO)[C@@H](O)[C@H]1F. The van der Waals surface area contributed by atoms with Gasteiger partial charge in [0, 0.05) is 7.05 Å². The standard InChI is InChI=1S/C13H18FN5O3/c1-6-17-10(15-3)8-11(18-6)19(5-16-8)12-7(14)9(21)13(2,4-20)22-12/h5,7,9,12,20-21H,4H2,1-3H3,(H,15,17,18)/t7-,9+,12-,13-/m1/s1. The lowest BCUT2D eigenvalue weighted by Gasteiger charge is -2.24. The number of anilines is 1. The number of imidazole rings is 1. The highest BCUT2D eigenvalue weighted by Crippen LogP contribution is 2.39. The van der Waals surface area contributed by atoms with Crippen molar-refractivity contribution in [1.29, 1.82) is 0 Å². The number of aromatic nitrogens is 4. The summed E-state index contributed by atoms with van der Waals surface area (Å²) in [5.74, 6) is 1.03. The van der Waals surface area contributed by atoms with Crippen LogP contribution in [-0.2, 0) is 4.74 Å². The van der Waals surface area contributed by atoms with Gasteiger partial charge in [0.25, 0.3) is 0 Å². The molecule has 0 saturated carbocycles. The normalized spacial score (nSPS) is 31.8. The van der Waals surface area contributed by atoms with Crippen molar-refractivity contribution in [3.63, 3.8) is 0 Å². The van der Waals surface area contributed by atoms with Crippen molar-refractivity contribution in [2.45, 2.75) is 38.0 Å². The second-order valence-corrected chi connectivity index (χ2v) is 5.56. The Morgan fingerprint density at radius 1 is 1.50 bits per heavy atom. The molecular formula is C13H18FN5O3. The zero-order chi connectivity index (χ0) is 16.1. The van der Waals surface area contributed by atoms with Crippen LogP contribution in [0.25, 0.3) is 11.2 Å². The van der Waals surface area contributed by atoms with Gasteiger partial charge < -0.3 is 20.3 Å². The van der Waals surface area contributed by atoms with Gasteiger partial charge in [0.05, 0.1) is 12.9 Å². The third kappa shape index (κ3) is 2.04. The topological polar surface area (TPSA) is 105 Å². The maximum absolute atomic E-state index is 14.4. The number of hydrogen-bond acceptors (Lipinski definition) is 7. The first-order chi connectivity index (χ1) is 10.4. The highest BCUT2D eigenvalue weighted by molar-refractivity contribution is 5.82. The van der Waals surface area contributed by atoms with E-state index in [0.717, 1.165) is 0 Å². The van der Waals surface area contributed by atoms with Crippen LogP contribution in [0.2, 0.25) is 0 Å². The molecule has 2 aromatic heterocycles. The third-order valence-electron chi connectivity index (χ3n) is 3.95. The summed E-state index contributed by atoms with van der Waals surface area (Å²) in [7, 11) is 1.71. The molecule has 22 heavy (non-hydrogen) atoms. The van der Waals surface area contributed by atoms with E-state index in [2.05, 4.69) is 20.3 Å². The molecular weight excluding hydrogens is 293 g/mol. The van der Waals surface area contributed by atoms with E-state index in [1.165, 1.54) is 17.8 Å². The number of ether oxygens (including phenoxy) is 1. The van der Waals surface area contributed by atoms with Crippen molar-refractivity contribution >= 4 is 17.0 Å². The van der Waals surface area contributed by atoms with E-state index in [1.807, 2.05) is 0 Å². The van der Waals surface area contributed by atoms with Crippen LogP contribution in [-0.4, -0.2) is 61.3 Å². The largest absolute Gasteiger partial charge is 0.393 e. The second-order valence-electron chi connectivity index (χ2n) is 5.56. The van der Waals surface area contributed by atoms with Crippen LogP contribution in [0, 0.1) is 6.92 Å². The van der Waals surface area contributed by atoms with Gasteiger partial charge in [0.2, 0.25) is 0 Å². The van der Waals surface area contributed by atoms with Gasteiger partial charge in [-0.1, -0.05) is 0 Å². The number of nitrogens with zero attached hydrogens (tertiary/aromatic N) is 4. The summed E-state index contributed by atoms with van der Waals surface area (Å²) in [6.45, 7) is 2.68. The van der Waals surface area contributed by atoms with Crippen LogP contribution in [0.5, 0.6) is 0 Å². The minimum atomic E-state index is -1.71. The van der Waals surface area contributed by atoms with Gasteiger partial charge in [0.15, 0.2) is 29.4 Å². The molecule has 1 aliphatic heterocycles. The fourth-order valence-corrected chi connectivity index (χ4v) is 2.63. The smallest absolute Gasteiger partial charge is 0.174 e. The van der Waals surface area contributed by atoms with Crippen molar-refractivity contribution in [1.82, 2.24) is 19.5 Å². The molecule has 0 unspecified atom stereocenters. The van der Waals surface area contributed by atoms with Gasteiger partial charge in [-0.05, 0) is 13.8 Å². The van der Waals surface area contributed by atoms with E-state index in [4.69, 9.17) is 4.74 Å². The molecule has 120 valence electrons. The maximum Gasteiger partial charge on any atom is 0.174 e. The lowest BCUT2D eigenvalue weighted by molar-refractivity contribution is -0.115. The van der Waals surface area contributed by atoms with Gasteiger partial charge in [-0.15, -0.1) is 0 Å². The monoisotopic (exact) mass is 311 g/mol. The Bertz CT molecular complexity index is 708. The molecule has 1 aliphatic rings. The number of halogens is 1. The third-order valence-corrected chi connectivity index (χ3v) is 3.95.